The van der Waals surface area contributed by atoms with Gasteiger partial charge in [0.25, 0.3) is 0 Å². The van der Waals surface area contributed by atoms with Crippen LogP contribution in [0.4, 0.5) is 19.0 Å². The molecule has 4 aromatic rings. The molecule has 1 fully saturated rings. The fourth-order valence-electron chi connectivity index (χ4n) is 4.33. The van der Waals surface area contributed by atoms with E-state index in [4.69, 9.17) is 0 Å². The maximum atomic E-state index is 13.8. The minimum Gasteiger partial charge on any atom is -0.308 e. The zero-order chi connectivity index (χ0) is 24.9. The van der Waals surface area contributed by atoms with Crippen LogP contribution in [0.25, 0.3) is 11.0 Å². The Labute approximate surface area is 200 Å². The molecule has 0 spiro atoms. The van der Waals surface area contributed by atoms with Crippen LogP contribution in [0.5, 0.6) is 0 Å². The number of hydrogen-bond donors (Lipinski definition) is 1. The predicted molar refractivity (Wildman–Crippen MR) is 125 cm³/mol. The van der Waals surface area contributed by atoms with E-state index in [1.807, 2.05) is 32.0 Å². The standard InChI is InChI=1S/C25H25F3N6O/c1-14-5-4-6-17(9-14)12-33-15(2)10-21(32-33)30-22(35)13-34-24-23(16(3)31-34)19(25(26,27)28)11-20(29-24)18-7-8-18/h4-6,9-11,18H,7-8,12-13H2,1-3H3,(H,30,32,35). The van der Waals surface area contributed by atoms with E-state index in [2.05, 4.69) is 26.6 Å². The van der Waals surface area contributed by atoms with E-state index in [1.165, 1.54) is 11.6 Å². The van der Waals surface area contributed by atoms with Crippen molar-refractivity contribution in [3.8, 4) is 0 Å². The summed E-state index contributed by atoms with van der Waals surface area (Å²) < 4.78 is 44.4. The summed E-state index contributed by atoms with van der Waals surface area (Å²) in [5.41, 5.74) is 3.02. The van der Waals surface area contributed by atoms with E-state index in [9.17, 15) is 18.0 Å². The van der Waals surface area contributed by atoms with Crippen LogP contribution in [0.15, 0.2) is 36.4 Å². The Morgan fingerprint density at radius 1 is 1.09 bits per heavy atom. The molecule has 5 rings (SSSR count). The van der Waals surface area contributed by atoms with Gasteiger partial charge in [0.15, 0.2) is 11.5 Å². The monoisotopic (exact) mass is 482 g/mol. The minimum absolute atomic E-state index is 0.0262. The Balaban J connectivity index is 1.38. The maximum Gasteiger partial charge on any atom is 0.417 e. The van der Waals surface area contributed by atoms with Crippen molar-refractivity contribution in [1.82, 2.24) is 24.5 Å². The van der Waals surface area contributed by atoms with Crippen molar-refractivity contribution in [1.29, 1.82) is 0 Å². The van der Waals surface area contributed by atoms with Gasteiger partial charge in [0.2, 0.25) is 5.91 Å². The second kappa shape index (κ2) is 8.51. The van der Waals surface area contributed by atoms with Gasteiger partial charge in [-0.05, 0) is 45.2 Å². The first-order valence-corrected chi connectivity index (χ1v) is 11.4. The number of carbonyl (C=O) groups is 1. The number of carbonyl (C=O) groups excluding carboxylic acids is 1. The van der Waals surface area contributed by atoms with Crippen molar-refractivity contribution in [2.24, 2.45) is 0 Å². The van der Waals surface area contributed by atoms with Crippen molar-refractivity contribution < 1.29 is 18.0 Å². The molecule has 182 valence electrons. The molecule has 0 unspecified atom stereocenters. The Morgan fingerprint density at radius 2 is 1.86 bits per heavy atom. The molecule has 1 saturated carbocycles. The van der Waals surface area contributed by atoms with E-state index in [0.29, 0.717) is 18.1 Å². The smallest absolute Gasteiger partial charge is 0.308 e. The van der Waals surface area contributed by atoms with Gasteiger partial charge in [0.05, 0.1) is 23.2 Å². The molecular formula is C25H25F3N6O. The SMILES string of the molecule is Cc1cccc(Cn2nc(NC(=O)Cn3nc(C)c4c(C(F)(F)F)cc(C5CC5)nc43)cc2C)c1. The Hall–Kier alpha value is -3.69. The molecule has 3 aromatic heterocycles. The van der Waals surface area contributed by atoms with Crippen LogP contribution in [-0.2, 0) is 24.1 Å². The normalized spacial score (nSPS) is 14.0. The quantitative estimate of drug-likeness (QED) is 0.413. The lowest BCUT2D eigenvalue weighted by atomic mass is 10.1. The van der Waals surface area contributed by atoms with Crippen LogP contribution in [-0.4, -0.2) is 30.5 Å². The Kier molecular flexibility index (Phi) is 5.61. The van der Waals surface area contributed by atoms with E-state index < -0.39 is 17.6 Å². The third kappa shape index (κ3) is 4.78. The molecule has 0 aliphatic heterocycles. The number of aromatic nitrogens is 5. The third-order valence-corrected chi connectivity index (χ3v) is 6.16. The minimum atomic E-state index is -4.53. The van der Waals surface area contributed by atoms with Crippen LogP contribution >= 0.6 is 0 Å². The van der Waals surface area contributed by atoms with Gasteiger partial charge in [-0.1, -0.05) is 29.8 Å². The molecule has 7 nitrogen and oxygen atoms in total. The van der Waals surface area contributed by atoms with Crippen molar-refractivity contribution >= 4 is 22.8 Å². The first-order chi connectivity index (χ1) is 16.6. The molecule has 1 aliphatic rings. The van der Waals surface area contributed by atoms with Crippen LogP contribution in [0.1, 0.15) is 52.5 Å². The van der Waals surface area contributed by atoms with Gasteiger partial charge in [-0.3, -0.25) is 9.48 Å². The zero-order valence-electron chi connectivity index (χ0n) is 19.6. The number of anilines is 1. The number of nitrogens with zero attached hydrogens (tertiary/aromatic N) is 5. The van der Waals surface area contributed by atoms with Crippen molar-refractivity contribution in [3.05, 3.63) is 70.2 Å². The second-order valence-corrected chi connectivity index (χ2v) is 9.17. The van der Waals surface area contributed by atoms with E-state index in [-0.39, 0.29) is 29.2 Å². The summed E-state index contributed by atoms with van der Waals surface area (Å²) in [5, 5.41) is 11.4. The van der Waals surface area contributed by atoms with Crippen LogP contribution in [0.2, 0.25) is 0 Å². The van der Waals surface area contributed by atoms with Gasteiger partial charge in [-0.25, -0.2) is 9.67 Å². The second-order valence-electron chi connectivity index (χ2n) is 9.17. The number of rotatable bonds is 6. The van der Waals surface area contributed by atoms with Gasteiger partial charge in [-0.15, -0.1) is 0 Å². The molecule has 0 atom stereocenters. The van der Waals surface area contributed by atoms with Crippen LogP contribution in [0.3, 0.4) is 0 Å². The van der Waals surface area contributed by atoms with Gasteiger partial charge >= 0.3 is 6.18 Å². The number of pyridine rings is 1. The van der Waals surface area contributed by atoms with E-state index in [0.717, 1.165) is 35.7 Å². The Bertz CT molecular complexity index is 1430. The predicted octanol–water partition coefficient (Wildman–Crippen LogP) is 5.14. The molecule has 1 N–H and O–H groups in total. The largest absolute Gasteiger partial charge is 0.417 e. The molecule has 0 radical (unpaired) electrons. The molecule has 35 heavy (non-hydrogen) atoms. The van der Waals surface area contributed by atoms with Gasteiger partial charge in [0, 0.05) is 23.4 Å². The van der Waals surface area contributed by atoms with Gasteiger partial charge in [0.1, 0.15) is 6.54 Å². The molecule has 1 amide bonds. The maximum absolute atomic E-state index is 13.8. The summed E-state index contributed by atoms with van der Waals surface area (Å²) in [6, 6.07) is 11.0. The molecule has 1 aliphatic carbocycles. The number of fused-ring (bicyclic) bond motifs is 1. The zero-order valence-corrected chi connectivity index (χ0v) is 19.6. The van der Waals surface area contributed by atoms with E-state index >= 15 is 0 Å². The summed E-state index contributed by atoms with van der Waals surface area (Å²) >= 11 is 0. The number of amides is 1. The van der Waals surface area contributed by atoms with Crippen LogP contribution < -0.4 is 5.32 Å². The highest BCUT2D eigenvalue weighted by Gasteiger charge is 2.37. The molecule has 10 heteroatoms. The number of benzene rings is 1. The topological polar surface area (TPSA) is 77.6 Å². The first kappa shape index (κ1) is 23.1. The fraction of sp³-hybridized carbons (Fsp3) is 0.360. The average molecular weight is 483 g/mol. The molecular weight excluding hydrogens is 457 g/mol. The summed E-state index contributed by atoms with van der Waals surface area (Å²) in [7, 11) is 0. The highest BCUT2D eigenvalue weighted by Crippen LogP contribution is 2.43. The van der Waals surface area contributed by atoms with Crippen molar-refractivity contribution in [2.75, 3.05) is 5.32 Å². The third-order valence-electron chi connectivity index (χ3n) is 6.16. The lowest BCUT2D eigenvalue weighted by molar-refractivity contribution is -0.136. The number of hydrogen-bond acceptors (Lipinski definition) is 4. The number of nitrogens with one attached hydrogen (secondary N) is 1. The molecule has 1 aromatic carbocycles. The number of aryl methyl sites for hydroxylation is 3. The van der Waals surface area contributed by atoms with Crippen molar-refractivity contribution in [2.45, 2.75) is 58.8 Å². The highest BCUT2D eigenvalue weighted by atomic mass is 19.4. The molecule has 0 bridgehead atoms. The summed E-state index contributed by atoms with van der Waals surface area (Å²) in [6.07, 6.45) is -2.91. The van der Waals surface area contributed by atoms with Crippen LogP contribution in [0, 0.1) is 20.8 Å². The summed E-state index contributed by atoms with van der Waals surface area (Å²) in [4.78, 5) is 17.3. The number of alkyl halides is 3. The lowest BCUT2D eigenvalue weighted by Gasteiger charge is -2.11. The van der Waals surface area contributed by atoms with E-state index in [1.54, 1.807) is 10.7 Å². The van der Waals surface area contributed by atoms with Gasteiger partial charge < -0.3 is 5.32 Å². The first-order valence-electron chi connectivity index (χ1n) is 11.4. The summed E-state index contributed by atoms with van der Waals surface area (Å²) in [6.45, 7) is 5.70. The Morgan fingerprint density at radius 3 is 2.54 bits per heavy atom. The lowest BCUT2D eigenvalue weighted by Crippen LogP contribution is -2.20. The summed E-state index contributed by atoms with van der Waals surface area (Å²) in [5.74, 6) is -0.0453. The molecule has 0 saturated heterocycles. The van der Waals surface area contributed by atoms with Crippen molar-refractivity contribution in [3.63, 3.8) is 0 Å². The highest BCUT2D eigenvalue weighted by molar-refractivity contribution is 5.91. The molecule has 3 heterocycles. The number of halogens is 3. The fourth-order valence-corrected chi connectivity index (χ4v) is 4.33. The van der Waals surface area contributed by atoms with Gasteiger partial charge in [-0.2, -0.15) is 23.4 Å². The average Bonchev–Trinajstić information content (AvgIpc) is 3.50.